The molecule has 1 aliphatic rings. The Balaban J connectivity index is 1.92. The molecule has 1 aromatic carbocycles. The highest BCUT2D eigenvalue weighted by Gasteiger charge is 2.23. The zero-order chi connectivity index (χ0) is 11.4. The van der Waals surface area contributed by atoms with Gasteiger partial charge >= 0.3 is 0 Å². The minimum atomic E-state index is 0.00571. The van der Waals surface area contributed by atoms with Crippen LogP contribution < -0.4 is 10.6 Å². The quantitative estimate of drug-likeness (QED) is 0.809. The van der Waals surface area contributed by atoms with E-state index >= 15 is 0 Å². The molecule has 1 aliphatic heterocycles. The van der Waals surface area contributed by atoms with Gasteiger partial charge in [0.15, 0.2) is 0 Å². The molecule has 1 amide bonds. The topological polar surface area (TPSA) is 41.1 Å². The van der Waals surface area contributed by atoms with E-state index in [1.165, 1.54) is 0 Å². The van der Waals surface area contributed by atoms with Crippen molar-refractivity contribution in [3.63, 3.8) is 0 Å². The number of hydrogen-bond acceptors (Lipinski definition) is 2. The molecule has 0 spiro atoms. The van der Waals surface area contributed by atoms with Gasteiger partial charge in [0.25, 0.3) is 0 Å². The van der Waals surface area contributed by atoms with Gasteiger partial charge in [0.2, 0.25) is 5.91 Å². The summed E-state index contributed by atoms with van der Waals surface area (Å²) < 4.78 is 0. The fourth-order valence-corrected chi connectivity index (χ4v) is 2.05. The fraction of sp³-hybridized carbons (Fsp3) is 0.462. The van der Waals surface area contributed by atoms with E-state index in [9.17, 15) is 4.79 Å². The molecular weight excluding hydrogens is 200 g/mol. The van der Waals surface area contributed by atoms with Crippen molar-refractivity contribution in [2.75, 3.05) is 6.54 Å². The molecule has 0 aromatic heterocycles. The van der Waals surface area contributed by atoms with E-state index in [0.29, 0.717) is 0 Å². The van der Waals surface area contributed by atoms with E-state index in [1.807, 2.05) is 37.3 Å². The Morgan fingerprint density at radius 2 is 2.19 bits per heavy atom. The molecule has 2 rings (SSSR count). The highest BCUT2D eigenvalue weighted by molar-refractivity contribution is 5.82. The Bertz CT molecular complexity index is 344. The molecule has 16 heavy (non-hydrogen) atoms. The summed E-state index contributed by atoms with van der Waals surface area (Å²) in [6.07, 6.45) is 2.05. The normalized spacial score (nSPS) is 21.7. The first kappa shape index (κ1) is 11.1. The van der Waals surface area contributed by atoms with Crippen molar-refractivity contribution in [1.29, 1.82) is 0 Å². The molecule has 0 aliphatic carbocycles. The van der Waals surface area contributed by atoms with E-state index in [1.54, 1.807) is 0 Å². The van der Waals surface area contributed by atoms with Crippen LogP contribution in [0.4, 0.5) is 0 Å². The van der Waals surface area contributed by atoms with Crippen LogP contribution in [-0.4, -0.2) is 18.5 Å². The SMILES string of the molecule is C[C@H](NC(=O)[C@@H]1CCCN1)c1ccccc1. The Kier molecular flexibility index (Phi) is 3.57. The van der Waals surface area contributed by atoms with Gasteiger partial charge in [-0.15, -0.1) is 0 Å². The summed E-state index contributed by atoms with van der Waals surface area (Å²) in [6, 6.07) is 10.1. The molecule has 2 N–H and O–H groups in total. The van der Waals surface area contributed by atoms with Crippen molar-refractivity contribution in [2.45, 2.75) is 31.8 Å². The van der Waals surface area contributed by atoms with Crippen molar-refractivity contribution in [2.24, 2.45) is 0 Å². The molecule has 0 bridgehead atoms. The largest absolute Gasteiger partial charge is 0.348 e. The van der Waals surface area contributed by atoms with E-state index in [4.69, 9.17) is 0 Å². The molecule has 1 fully saturated rings. The highest BCUT2D eigenvalue weighted by Crippen LogP contribution is 2.12. The van der Waals surface area contributed by atoms with Crippen LogP contribution in [0.5, 0.6) is 0 Å². The standard InChI is InChI=1S/C13H18N2O/c1-10(11-6-3-2-4-7-11)15-13(16)12-8-5-9-14-12/h2-4,6-7,10,12,14H,5,8-9H2,1H3,(H,15,16)/t10-,12-/m0/s1. The van der Waals surface area contributed by atoms with Crippen LogP contribution >= 0.6 is 0 Å². The first-order valence-corrected chi connectivity index (χ1v) is 5.86. The van der Waals surface area contributed by atoms with Crippen molar-refractivity contribution in [3.8, 4) is 0 Å². The Labute approximate surface area is 96.2 Å². The third kappa shape index (κ3) is 2.61. The highest BCUT2D eigenvalue weighted by atomic mass is 16.2. The van der Waals surface area contributed by atoms with E-state index < -0.39 is 0 Å². The average Bonchev–Trinajstić information content (AvgIpc) is 2.83. The van der Waals surface area contributed by atoms with Crippen molar-refractivity contribution in [3.05, 3.63) is 35.9 Å². The maximum atomic E-state index is 11.9. The van der Waals surface area contributed by atoms with Crippen LogP contribution in [0.25, 0.3) is 0 Å². The third-order valence-electron chi connectivity index (χ3n) is 3.04. The smallest absolute Gasteiger partial charge is 0.237 e. The molecule has 0 saturated carbocycles. The number of benzene rings is 1. The van der Waals surface area contributed by atoms with Crippen LogP contribution in [-0.2, 0) is 4.79 Å². The molecular formula is C13H18N2O. The number of hydrogen-bond donors (Lipinski definition) is 2. The molecule has 3 nitrogen and oxygen atoms in total. The first-order chi connectivity index (χ1) is 7.77. The van der Waals surface area contributed by atoms with Crippen molar-refractivity contribution < 1.29 is 4.79 Å². The van der Waals surface area contributed by atoms with Crippen molar-refractivity contribution in [1.82, 2.24) is 10.6 Å². The van der Waals surface area contributed by atoms with E-state index in [0.717, 1.165) is 24.9 Å². The van der Waals surface area contributed by atoms with Crippen molar-refractivity contribution >= 4 is 5.91 Å². The summed E-state index contributed by atoms with van der Waals surface area (Å²) >= 11 is 0. The third-order valence-corrected chi connectivity index (χ3v) is 3.04. The van der Waals surface area contributed by atoms with Gasteiger partial charge in [0, 0.05) is 0 Å². The van der Waals surface area contributed by atoms with Gasteiger partial charge in [0.1, 0.15) is 0 Å². The van der Waals surface area contributed by atoms with Gasteiger partial charge in [0.05, 0.1) is 12.1 Å². The number of carbonyl (C=O) groups excluding carboxylic acids is 1. The maximum Gasteiger partial charge on any atom is 0.237 e. The summed E-state index contributed by atoms with van der Waals surface area (Å²) in [4.78, 5) is 11.9. The molecule has 2 atom stereocenters. The van der Waals surface area contributed by atoms with Gasteiger partial charge in [-0.2, -0.15) is 0 Å². The maximum absolute atomic E-state index is 11.9. The van der Waals surface area contributed by atoms with E-state index in [2.05, 4.69) is 10.6 Å². The second-order valence-corrected chi connectivity index (χ2v) is 4.29. The predicted molar refractivity (Wildman–Crippen MR) is 64.0 cm³/mol. The zero-order valence-corrected chi connectivity index (χ0v) is 9.57. The van der Waals surface area contributed by atoms with Crippen LogP contribution in [0.15, 0.2) is 30.3 Å². The van der Waals surface area contributed by atoms with Gasteiger partial charge in [-0.1, -0.05) is 30.3 Å². The molecule has 0 radical (unpaired) electrons. The summed E-state index contributed by atoms with van der Waals surface area (Å²) in [6.45, 7) is 2.97. The Morgan fingerprint density at radius 1 is 1.44 bits per heavy atom. The summed E-state index contributed by atoms with van der Waals surface area (Å²) in [5.41, 5.74) is 1.15. The lowest BCUT2D eigenvalue weighted by Crippen LogP contribution is -2.41. The minimum Gasteiger partial charge on any atom is -0.348 e. The lowest BCUT2D eigenvalue weighted by Gasteiger charge is -2.17. The predicted octanol–water partition coefficient (Wildman–Crippen LogP) is 1.62. The number of amides is 1. The van der Waals surface area contributed by atoms with Crippen LogP contribution in [0.2, 0.25) is 0 Å². The van der Waals surface area contributed by atoms with E-state index in [-0.39, 0.29) is 18.0 Å². The minimum absolute atomic E-state index is 0.00571. The number of carbonyl (C=O) groups is 1. The molecule has 0 unspecified atom stereocenters. The number of nitrogens with one attached hydrogen (secondary N) is 2. The zero-order valence-electron chi connectivity index (χ0n) is 9.57. The van der Waals surface area contributed by atoms with Gasteiger partial charge < -0.3 is 10.6 Å². The summed E-state index contributed by atoms with van der Waals surface area (Å²) in [5.74, 6) is 0.119. The second-order valence-electron chi connectivity index (χ2n) is 4.29. The molecule has 1 aromatic rings. The van der Waals surface area contributed by atoms with Gasteiger partial charge in [-0.05, 0) is 31.9 Å². The van der Waals surface area contributed by atoms with Gasteiger partial charge in [-0.3, -0.25) is 4.79 Å². The number of rotatable bonds is 3. The Morgan fingerprint density at radius 3 is 2.81 bits per heavy atom. The lowest BCUT2D eigenvalue weighted by atomic mass is 10.1. The molecule has 1 heterocycles. The summed E-state index contributed by atoms with van der Waals surface area (Å²) in [7, 11) is 0. The van der Waals surface area contributed by atoms with Crippen LogP contribution in [0.1, 0.15) is 31.4 Å². The molecule has 86 valence electrons. The molecule has 1 saturated heterocycles. The Hall–Kier alpha value is -1.35. The fourth-order valence-electron chi connectivity index (χ4n) is 2.05. The first-order valence-electron chi connectivity index (χ1n) is 5.86. The summed E-state index contributed by atoms with van der Waals surface area (Å²) in [5, 5.41) is 6.24. The molecule has 3 heteroatoms. The average molecular weight is 218 g/mol. The van der Waals surface area contributed by atoms with Gasteiger partial charge in [-0.25, -0.2) is 0 Å². The monoisotopic (exact) mass is 218 g/mol. The van der Waals surface area contributed by atoms with Crippen LogP contribution in [0.3, 0.4) is 0 Å². The van der Waals surface area contributed by atoms with Crippen LogP contribution in [0, 0.1) is 0 Å². The lowest BCUT2D eigenvalue weighted by molar-refractivity contribution is -0.123. The second kappa shape index (κ2) is 5.12.